The van der Waals surface area contributed by atoms with Gasteiger partial charge in [0.05, 0.1) is 0 Å². The maximum absolute atomic E-state index is 4.41. The second kappa shape index (κ2) is 4.12. The fraction of sp³-hybridized carbons (Fsp3) is 0.583. The highest BCUT2D eigenvalue weighted by Gasteiger charge is 2.27. The molecule has 2 nitrogen and oxygen atoms in total. The van der Waals surface area contributed by atoms with Crippen LogP contribution in [0.15, 0.2) is 12.1 Å². The molecule has 3 heteroatoms. The highest BCUT2D eigenvalue weighted by molar-refractivity contribution is 9.09. The SMILES string of the molecule is Cc1cc(N2CC(C)C(Br)C2)cc(C)n1. The van der Waals surface area contributed by atoms with Crippen molar-refractivity contribution in [2.75, 3.05) is 18.0 Å². The van der Waals surface area contributed by atoms with Crippen LogP contribution in [0.2, 0.25) is 0 Å². The minimum Gasteiger partial charge on any atom is -0.370 e. The largest absolute Gasteiger partial charge is 0.370 e. The standard InChI is InChI=1S/C12H17BrN2/c1-8-6-15(7-12(8)13)11-4-9(2)14-10(3)5-11/h4-5,8,12H,6-7H2,1-3H3. The molecule has 0 aromatic carbocycles. The molecule has 0 amide bonds. The molecule has 2 heterocycles. The molecule has 1 aromatic rings. The molecule has 0 N–H and O–H groups in total. The summed E-state index contributed by atoms with van der Waals surface area (Å²) in [5, 5.41) is 0. The summed E-state index contributed by atoms with van der Waals surface area (Å²) in [5.74, 6) is 0.721. The van der Waals surface area contributed by atoms with E-state index in [1.807, 2.05) is 0 Å². The van der Waals surface area contributed by atoms with Crippen molar-refractivity contribution >= 4 is 21.6 Å². The molecule has 2 rings (SSSR count). The maximum Gasteiger partial charge on any atom is 0.0402 e. The third-order valence-corrected chi connectivity index (χ3v) is 4.14. The first-order chi connectivity index (χ1) is 7.06. The van der Waals surface area contributed by atoms with Gasteiger partial charge in [-0.05, 0) is 31.9 Å². The number of rotatable bonds is 1. The molecule has 0 bridgehead atoms. The monoisotopic (exact) mass is 268 g/mol. The van der Waals surface area contributed by atoms with Crippen LogP contribution in [-0.4, -0.2) is 22.9 Å². The molecule has 1 aliphatic heterocycles. The molecule has 1 fully saturated rings. The molecule has 15 heavy (non-hydrogen) atoms. The number of pyridine rings is 1. The summed E-state index contributed by atoms with van der Waals surface area (Å²) in [4.78, 5) is 7.46. The minimum absolute atomic E-state index is 0.617. The molecule has 2 unspecified atom stereocenters. The van der Waals surface area contributed by atoms with E-state index in [0.717, 1.165) is 30.4 Å². The van der Waals surface area contributed by atoms with E-state index in [0.29, 0.717) is 4.83 Å². The second-order valence-corrected chi connectivity index (χ2v) is 5.68. The number of halogens is 1. The lowest BCUT2D eigenvalue weighted by Crippen LogP contribution is -2.20. The van der Waals surface area contributed by atoms with Crippen LogP contribution >= 0.6 is 15.9 Å². The van der Waals surface area contributed by atoms with Crippen LogP contribution in [0.1, 0.15) is 18.3 Å². The summed E-state index contributed by atoms with van der Waals surface area (Å²) in [5.41, 5.74) is 3.53. The van der Waals surface area contributed by atoms with Crippen molar-refractivity contribution in [3.8, 4) is 0 Å². The normalized spacial score (nSPS) is 26.0. The van der Waals surface area contributed by atoms with E-state index in [2.05, 4.69) is 58.7 Å². The molecule has 82 valence electrons. The molecule has 1 aliphatic rings. The minimum atomic E-state index is 0.617. The topological polar surface area (TPSA) is 16.1 Å². The average molecular weight is 269 g/mol. The Bertz CT molecular complexity index is 334. The van der Waals surface area contributed by atoms with Crippen LogP contribution < -0.4 is 4.90 Å². The molecule has 0 spiro atoms. The van der Waals surface area contributed by atoms with E-state index in [9.17, 15) is 0 Å². The quantitative estimate of drug-likeness (QED) is 0.729. The van der Waals surface area contributed by atoms with Gasteiger partial charge < -0.3 is 4.90 Å². The average Bonchev–Trinajstić information content (AvgIpc) is 2.45. The van der Waals surface area contributed by atoms with Crippen molar-refractivity contribution in [2.45, 2.75) is 25.6 Å². The number of anilines is 1. The van der Waals surface area contributed by atoms with E-state index >= 15 is 0 Å². The van der Waals surface area contributed by atoms with Crippen molar-refractivity contribution in [3.63, 3.8) is 0 Å². The molecular weight excluding hydrogens is 252 g/mol. The van der Waals surface area contributed by atoms with Crippen molar-refractivity contribution in [1.82, 2.24) is 4.98 Å². The van der Waals surface area contributed by atoms with Crippen LogP contribution in [0, 0.1) is 19.8 Å². The number of nitrogens with zero attached hydrogens (tertiary/aromatic N) is 2. The zero-order valence-corrected chi connectivity index (χ0v) is 11.1. The number of aromatic nitrogens is 1. The summed E-state index contributed by atoms with van der Waals surface area (Å²) in [6.07, 6.45) is 0. The summed E-state index contributed by atoms with van der Waals surface area (Å²) in [6, 6.07) is 4.34. The molecule has 1 aromatic heterocycles. The molecule has 0 saturated carbocycles. The van der Waals surface area contributed by atoms with Gasteiger partial charge >= 0.3 is 0 Å². The summed E-state index contributed by atoms with van der Waals surface area (Å²) in [7, 11) is 0. The number of hydrogen-bond donors (Lipinski definition) is 0. The van der Waals surface area contributed by atoms with Gasteiger partial charge in [-0.1, -0.05) is 22.9 Å². The zero-order chi connectivity index (χ0) is 11.0. The van der Waals surface area contributed by atoms with Crippen LogP contribution in [0.5, 0.6) is 0 Å². The Morgan fingerprint density at radius 1 is 1.27 bits per heavy atom. The highest BCUT2D eigenvalue weighted by Crippen LogP contribution is 2.28. The van der Waals surface area contributed by atoms with Crippen molar-refractivity contribution in [2.24, 2.45) is 5.92 Å². The predicted octanol–water partition coefficient (Wildman–Crippen LogP) is 2.92. The Morgan fingerprint density at radius 3 is 2.33 bits per heavy atom. The molecule has 2 atom stereocenters. The van der Waals surface area contributed by atoms with Gasteiger partial charge in [0.25, 0.3) is 0 Å². The van der Waals surface area contributed by atoms with E-state index in [1.54, 1.807) is 0 Å². The van der Waals surface area contributed by atoms with Crippen LogP contribution in [-0.2, 0) is 0 Å². The van der Waals surface area contributed by atoms with Gasteiger partial charge in [-0.15, -0.1) is 0 Å². The third kappa shape index (κ3) is 2.33. The van der Waals surface area contributed by atoms with Gasteiger partial charge in [-0.2, -0.15) is 0 Å². The van der Waals surface area contributed by atoms with E-state index < -0.39 is 0 Å². The maximum atomic E-state index is 4.41. The lowest BCUT2D eigenvalue weighted by molar-refractivity contribution is 0.680. The van der Waals surface area contributed by atoms with Gasteiger partial charge in [-0.25, -0.2) is 0 Å². The zero-order valence-electron chi connectivity index (χ0n) is 9.50. The summed E-state index contributed by atoms with van der Waals surface area (Å²) >= 11 is 3.72. The Labute approximate surface area is 99.8 Å². The molecule has 0 aliphatic carbocycles. The first-order valence-corrected chi connectivity index (χ1v) is 6.32. The lowest BCUT2D eigenvalue weighted by Gasteiger charge is -2.19. The molecule has 0 radical (unpaired) electrons. The first-order valence-electron chi connectivity index (χ1n) is 5.40. The van der Waals surface area contributed by atoms with E-state index in [1.165, 1.54) is 5.69 Å². The Morgan fingerprint density at radius 2 is 1.87 bits per heavy atom. The van der Waals surface area contributed by atoms with Gasteiger partial charge in [0.1, 0.15) is 0 Å². The Kier molecular flexibility index (Phi) is 3.01. The Hall–Kier alpha value is -0.570. The molecular formula is C12H17BrN2. The van der Waals surface area contributed by atoms with Crippen LogP contribution in [0.4, 0.5) is 5.69 Å². The van der Waals surface area contributed by atoms with Crippen molar-refractivity contribution in [1.29, 1.82) is 0 Å². The third-order valence-electron chi connectivity index (χ3n) is 2.95. The van der Waals surface area contributed by atoms with Crippen LogP contribution in [0.3, 0.4) is 0 Å². The summed E-state index contributed by atoms with van der Waals surface area (Å²) < 4.78 is 0. The summed E-state index contributed by atoms with van der Waals surface area (Å²) in [6.45, 7) is 8.65. The second-order valence-electron chi connectivity index (χ2n) is 4.51. The van der Waals surface area contributed by atoms with Crippen molar-refractivity contribution in [3.05, 3.63) is 23.5 Å². The Balaban J connectivity index is 2.23. The lowest BCUT2D eigenvalue weighted by atomic mass is 10.2. The first kappa shape index (κ1) is 10.9. The van der Waals surface area contributed by atoms with E-state index in [4.69, 9.17) is 0 Å². The highest BCUT2D eigenvalue weighted by atomic mass is 79.9. The number of hydrogen-bond acceptors (Lipinski definition) is 2. The van der Waals surface area contributed by atoms with E-state index in [-0.39, 0.29) is 0 Å². The smallest absolute Gasteiger partial charge is 0.0402 e. The predicted molar refractivity (Wildman–Crippen MR) is 67.8 cm³/mol. The van der Waals surface area contributed by atoms with Gasteiger partial charge in [-0.3, -0.25) is 4.98 Å². The van der Waals surface area contributed by atoms with Gasteiger partial charge in [0.15, 0.2) is 0 Å². The fourth-order valence-corrected chi connectivity index (χ4v) is 2.65. The molecule has 1 saturated heterocycles. The number of aryl methyl sites for hydroxylation is 2. The van der Waals surface area contributed by atoms with Crippen LogP contribution in [0.25, 0.3) is 0 Å². The fourth-order valence-electron chi connectivity index (χ4n) is 2.13. The van der Waals surface area contributed by atoms with Crippen molar-refractivity contribution < 1.29 is 0 Å². The number of alkyl halides is 1. The van der Waals surface area contributed by atoms with Gasteiger partial charge in [0, 0.05) is 35.0 Å². The van der Waals surface area contributed by atoms with Gasteiger partial charge in [0.2, 0.25) is 0 Å².